The van der Waals surface area contributed by atoms with Gasteiger partial charge in [0.25, 0.3) is 0 Å². The highest BCUT2D eigenvalue weighted by Crippen LogP contribution is 2.48. The summed E-state index contributed by atoms with van der Waals surface area (Å²) in [5.74, 6) is -1.54. The van der Waals surface area contributed by atoms with E-state index in [0.29, 0.717) is 43.8 Å². The largest absolute Gasteiger partial charge is 0.372 e. The van der Waals surface area contributed by atoms with E-state index in [-0.39, 0.29) is 35.7 Å². The molecule has 2 saturated carbocycles. The first-order valence-corrected chi connectivity index (χ1v) is 14.9. The number of epoxide rings is 1. The maximum Gasteiger partial charge on any atom is 0.158 e. The molecule has 4 aliphatic carbocycles. The number of allylic oxidation sites excluding steroid dienone is 5. The molecule has 1 heterocycles. The SMILES string of the molecule is CCCC1CCC(C2=CCC(C3CCC(CCC4CCC(C5CO5)C(F)=C4F)CC3)C(F)=C2F)CC1. The maximum atomic E-state index is 15.3. The molecule has 5 heteroatoms. The van der Waals surface area contributed by atoms with Crippen molar-refractivity contribution in [2.45, 2.75) is 109 Å². The summed E-state index contributed by atoms with van der Waals surface area (Å²) in [4.78, 5) is 0. The van der Waals surface area contributed by atoms with Gasteiger partial charge in [0.15, 0.2) is 5.83 Å². The van der Waals surface area contributed by atoms with Gasteiger partial charge in [0.1, 0.15) is 17.5 Å². The predicted molar refractivity (Wildman–Crippen MR) is 136 cm³/mol. The van der Waals surface area contributed by atoms with Crippen molar-refractivity contribution < 1.29 is 22.3 Å². The lowest BCUT2D eigenvalue weighted by atomic mass is 9.69. The average molecular weight is 509 g/mol. The molecule has 3 fully saturated rings. The third kappa shape index (κ3) is 5.81. The second-order valence-electron chi connectivity index (χ2n) is 12.5. The maximum absolute atomic E-state index is 15.3. The third-order valence-corrected chi connectivity index (χ3v) is 10.3. The summed E-state index contributed by atoms with van der Waals surface area (Å²) in [5.41, 5.74) is 0.651. The molecule has 202 valence electrons. The number of hydrogen-bond donors (Lipinski definition) is 0. The van der Waals surface area contributed by atoms with Crippen molar-refractivity contribution in [3.05, 3.63) is 35.0 Å². The Morgan fingerprint density at radius 2 is 1.39 bits per heavy atom. The lowest BCUT2D eigenvalue weighted by molar-refractivity contribution is 0.181. The molecule has 5 aliphatic rings. The minimum Gasteiger partial charge on any atom is -0.372 e. The Kier molecular flexibility index (Phi) is 8.65. The summed E-state index contributed by atoms with van der Waals surface area (Å²) < 4.78 is 64.6. The van der Waals surface area contributed by atoms with Gasteiger partial charge in [-0.2, -0.15) is 0 Å². The van der Waals surface area contributed by atoms with Crippen LogP contribution >= 0.6 is 0 Å². The molecule has 1 aliphatic heterocycles. The van der Waals surface area contributed by atoms with Crippen LogP contribution in [-0.2, 0) is 4.74 Å². The minimum atomic E-state index is -0.569. The third-order valence-electron chi connectivity index (χ3n) is 10.3. The molecule has 0 amide bonds. The Labute approximate surface area is 214 Å². The van der Waals surface area contributed by atoms with E-state index in [2.05, 4.69) is 6.92 Å². The van der Waals surface area contributed by atoms with Gasteiger partial charge in [-0.05, 0) is 99.9 Å². The van der Waals surface area contributed by atoms with Gasteiger partial charge in [0.2, 0.25) is 0 Å². The molecular weight excluding hydrogens is 464 g/mol. The fraction of sp³-hybridized carbons (Fsp3) is 0.806. The van der Waals surface area contributed by atoms with E-state index >= 15 is 8.78 Å². The van der Waals surface area contributed by atoms with Crippen LogP contribution in [0.15, 0.2) is 35.0 Å². The Balaban J connectivity index is 1.08. The van der Waals surface area contributed by atoms with Gasteiger partial charge < -0.3 is 4.74 Å². The molecule has 0 spiro atoms. The van der Waals surface area contributed by atoms with Gasteiger partial charge in [0.05, 0.1) is 12.7 Å². The molecule has 5 rings (SSSR count). The van der Waals surface area contributed by atoms with E-state index in [9.17, 15) is 8.78 Å². The highest BCUT2D eigenvalue weighted by Gasteiger charge is 2.42. The molecule has 0 radical (unpaired) electrons. The first-order valence-electron chi connectivity index (χ1n) is 14.9. The number of hydrogen-bond acceptors (Lipinski definition) is 1. The van der Waals surface area contributed by atoms with Crippen LogP contribution in [0, 0.1) is 41.4 Å². The smallest absolute Gasteiger partial charge is 0.158 e. The van der Waals surface area contributed by atoms with E-state index < -0.39 is 23.3 Å². The van der Waals surface area contributed by atoms with Crippen LogP contribution in [0.3, 0.4) is 0 Å². The van der Waals surface area contributed by atoms with Gasteiger partial charge >= 0.3 is 0 Å². The zero-order chi connectivity index (χ0) is 25.2. The standard InChI is InChI=1S/C31H44F4O/c1-2-3-19-4-9-21(10-5-19)24-16-17-25(30(34)29(24)33)22-11-6-20(7-12-22)8-13-23-14-15-26(27-18-36-27)31(35)28(23)32/h16,19-23,25-27H,2-15,17-18H2,1H3. The quantitative estimate of drug-likeness (QED) is 0.235. The van der Waals surface area contributed by atoms with E-state index in [1.807, 2.05) is 6.08 Å². The Hall–Kier alpha value is -1.10. The van der Waals surface area contributed by atoms with Crippen LogP contribution in [0.5, 0.6) is 0 Å². The Bertz CT molecular complexity index is 856. The van der Waals surface area contributed by atoms with Crippen molar-refractivity contribution in [2.75, 3.05) is 6.61 Å². The van der Waals surface area contributed by atoms with Crippen molar-refractivity contribution >= 4 is 0 Å². The number of halogens is 4. The normalized spacial score (nSPS) is 39.9. The fourth-order valence-corrected chi connectivity index (χ4v) is 7.89. The van der Waals surface area contributed by atoms with Crippen molar-refractivity contribution in [2.24, 2.45) is 41.4 Å². The second kappa shape index (κ2) is 11.7. The number of rotatable bonds is 8. The molecule has 0 aromatic rings. The Morgan fingerprint density at radius 3 is 2.06 bits per heavy atom. The zero-order valence-electron chi connectivity index (χ0n) is 21.9. The van der Waals surface area contributed by atoms with Crippen LogP contribution in [0.1, 0.15) is 103 Å². The fourth-order valence-electron chi connectivity index (χ4n) is 7.89. The molecular formula is C31H44F4O. The average Bonchev–Trinajstić information content (AvgIpc) is 3.73. The van der Waals surface area contributed by atoms with Crippen molar-refractivity contribution in [3.63, 3.8) is 0 Å². The topological polar surface area (TPSA) is 12.5 Å². The molecule has 4 atom stereocenters. The van der Waals surface area contributed by atoms with E-state index in [0.717, 1.165) is 63.7 Å². The molecule has 36 heavy (non-hydrogen) atoms. The monoisotopic (exact) mass is 508 g/mol. The van der Waals surface area contributed by atoms with Crippen molar-refractivity contribution in [1.29, 1.82) is 0 Å². The zero-order valence-corrected chi connectivity index (χ0v) is 21.9. The van der Waals surface area contributed by atoms with Crippen LogP contribution in [-0.4, -0.2) is 12.7 Å². The van der Waals surface area contributed by atoms with E-state index in [1.54, 1.807) is 0 Å². The van der Waals surface area contributed by atoms with Gasteiger partial charge in [0, 0.05) is 17.8 Å². The highest BCUT2D eigenvalue weighted by molar-refractivity contribution is 5.35. The van der Waals surface area contributed by atoms with Gasteiger partial charge in [-0.1, -0.05) is 38.7 Å². The van der Waals surface area contributed by atoms with Crippen molar-refractivity contribution in [3.8, 4) is 0 Å². The lowest BCUT2D eigenvalue weighted by Crippen LogP contribution is -2.26. The molecule has 0 bridgehead atoms. The van der Waals surface area contributed by atoms with Gasteiger partial charge in [-0.25, -0.2) is 17.6 Å². The summed E-state index contributed by atoms with van der Waals surface area (Å²) >= 11 is 0. The van der Waals surface area contributed by atoms with E-state index in [4.69, 9.17) is 4.74 Å². The first-order chi connectivity index (χ1) is 17.5. The highest BCUT2D eigenvalue weighted by atomic mass is 19.2. The van der Waals surface area contributed by atoms with Crippen LogP contribution < -0.4 is 0 Å². The second-order valence-corrected chi connectivity index (χ2v) is 12.5. The summed E-state index contributed by atoms with van der Waals surface area (Å²) in [6.07, 6.45) is 16.0. The molecule has 0 aromatic carbocycles. The summed E-state index contributed by atoms with van der Waals surface area (Å²) in [7, 11) is 0. The molecule has 0 N–H and O–H groups in total. The van der Waals surface area contributed by atoms with Crippen LogP contribution in [0.2, 0.25) is 0 Å². The summed E-state index contributed by atoms with van der Waals surface area (Å²) in [6, 6.07) is 0. The predicted octanol–water partition coefficient (Wildman–Crippen LogP) is 9.85. The molecule has 4 unspecified atom stereocenters. The van der Waals surface area contributed by atoms with Gasteiger partial charge in [-0.15, -0.1) is 0 Å². The Morgan fingerprint density at radius 1 is 0.722 bits per heavy atom. The van der Waals surface area contributed by atoms with Gasteiger partial charge in [-0.3, -0.25) is 0 Å². The lowest BCUT2D eigenvalue weighted by Gasteiger charge is -2.36. The number of ether oxygens (including phenoxy) is 1. The summed E-state index contributed by atoms with van der Waals surface area (Å²) in [6.45, 7) is 2.77. The molecule has 1 nitrogen and oxygen atoms in total. The minimum absolute atomic E-state index is 0.113. The molecule has 1 saturated heterocycles. The van der Waals surface area contributed by atoms with E-state index in [1.165, 1.54) is 12.8 Å². The van der Waals surface area contributed by atoms with Crippen molar-refractivity contribution in [1.82, 2.24) is 0 Å². The summed E-state index contributed by atoms with van der Waals surface area (Å²) in [5, 5.41) is 0. The van der Waals surface area contributed by atoms with Crippen LogP contribution in [0.25, 0.3) is 0 Å². The first kappa shape index (κ1) is 26.5. The van der Waals surface area contributed by atoms with Crippen LogP contribution in [0.4, 0.5) is 17.6 Å². The molecule has 0 aromatic heterocycles.